The number of imidazole rings is 1. The lowest BCUT2D eigenvalue weighted by atomic mass is 9.98. The van der Waals surface area contributed by atoms with Gasteiger partial charge < -0.3 is 30.6 Å². The summed E-state index contributed by atoms with van der Waals surface area (Å²) in [5, 5.41) is 9.05. The van der Waals surface area contributed by atoms with E-state index in [0.29, 0.717) is 78.3 Å². The number of halogens is 1. The molecule has 4 rings (SSSR count). The topological polar surface area (TPSA) is 155 Å². The first-order valence-corrected chi connectivity index (χ1v) is 15.7. The second-order valence-electron chi connectivity index (χ2n) is 11.2. The van der Waals surface area contributed by atoms with Gasteiger partial charge in [0, 0.05) is 49.7 Å². The molecule has 13 heteroatoms. The number of aromatic nitrogens is 2. The highest BCUT2D eigenvalue weighted by molar-refractivity contribution is 6.31. The van der Waals surface area contributed by atoms with Crippen LogP contribution in [-0.4, -0.2) is 77.4 Å². The van der Waals surface area contributed by atoms with E-state index >= 15 is 0 Å². The van der Waals surface area contributed by atoms with Gasteiger partial charge in [0.1, 0.15) is 11.8 Å². The number of H-pyrrole nitrogens is 1. The Morgan fingerprint density at radius 3 is 2.49 bits per heavy atom. The third-order valence-corrected chi connectivity index (χ3v) is 8.34. The predicted molar refractivity (Wildman–Crippen MR) is 172 cm³/mol. The Morgan fingerprint density at radius 1 is 1.00 bits per heavy atom. The van der Waals surface area contributed by atoms with Crippen molar-refractivity contribution in [1.29, 1.82) is 0 Å². The van der Waals surface area contributed by atoms with Gasteiger partial charge in [-0.1, -0.05) is 31.9 Å². The zero-order valence-corrected chi connectivity index (χ0v) is 26.7. The minimum absolute atomic E-state index is 0.107. The molecule has 1 aliphatic heterocycles. The highest BCUT2D eigenvalue weighted by atomic mass is 35.5. The number of nitrogens with one attached hydrogen (secondary N) is 4. The number of aryl methyl sites for hydroxylation is 1. The molecule has 0 aliphatic carbocycles. The Bertz CT molecular complexity index is 1600. The summed E-state index contributed by atoms with van der Waals surface area (Å²) < 4.78 is 6.94. The third kappa shape index (κ3) is 8.44. The molecule has 0 fully saturated rings. The van der Waals surface area contributed by atoms with Crippen LogP contribution in [0.3, 0.4) is 0 Å². The molecule has 4 N–H and O–H groups in total. The first-order valence-electron chi connectivity index (χ1n) is 15.3. The third-order valence-electron chi connectivity index (χ3n) is 8.11. The maximum absolute atomic E-state index is 13.6. The Labute approximate surface area is 266 Å². The van der Waals surface area contributed by atoms with Crippen LogP contribution in [0.25, 0.3) is 11.0 Å². The average Bonchev–Trinajstić information content (AvgIpc) is 3.35. The SMILES string of the molecule is CC[C@H](C)[C@@H]1NC(=O)CCCN(C(=O)c2cc(Cl)ccc2OC)CCCNC(=O)c2ccc3[nH]c(=O)n(c3c2)CCCNC1=O. The summed E-state index contributed by atoms with van der Waals surface area (Å²) in [6, 6.07) is 9.09. The van der Waals surface area contributed by atoms with Crippen molar-refractivity contribution in [2.75, 3.05) is 33.3 Å². The fraction of sp³-hybridized carbons (Fsp3) is 0.469. The number of carbonyl (C=O) groups excluding carboxylic acids is 4. The van der Waals surface area contributed by atoms with E-state index in [-0.39, 0.29) is 54.7 Å². The fourth-order valence-electron chi connectivity index (χ4n) is 5.36. The molecule has 1 aromatic heterocycles. The lowest BCUT2D eigenvalue weighted by Gasteiger charge is -2.25. The van der Waals surface area contributed by atoms with Gasteiger partial charge in [0.15, 0.2) is 0 Å². The number of aromatic amines is 1. The standard InChI is InChI=1S/C32H41ClN6O6/c1-4-20(2)28-30(42)35-14-7-17-39-25-18-21(9-11-24(25)36-32(39)44)29(41)34-13-6-16-38(15-5-8-27(40)37-28)31(43)23-19-22(33)10-12-26(23)45-3/h9-12,18-20,28H,4-8,13-17H2,1-3H3,(H,34,41)(H,35,42)(H,36,44)(H,37,40)/t20-,28-/m0/s1. The molecule has 0 saturated heterocycles. The molecule has 2 aromatic carbocycles. The molecule has 242 valence electrons. The molecule has 4 amide bonds. The molecule has 0 radical (unpaired) electrons. The van der Waals surface area contributed by atoms with Crippen LogP contribution >= 0.6 is 11.6 Å². The number of carbonyl (C=O) groups is 4. The summed E-state index contributed by atoms with van der Waals surface area (Å²) in [6.07, 6.45) is 2.06. The van der Waals surface area contributed by atoms with Crippen molar-refractivity contribution in [2.24, 2.45) is 5.92 Å². The predicted octanol–water partition coefficient (Wildman–Crippen LogP) is 3.08. The number of amides is 4. The molecule has 45 heavy (non-hydrogen) atoms. The van der Waals surface area contributed by atoms with Gasteiger partial charge in [-0.25, -0.2) is 4.79 Å². The van der Waals surface area contributed by atoms with Crippen LogP contribution in [0.2, 0.25) is 5.02 Å². The molecule has 2 heterocycles. The summed E-state index contributed by atoms with van der Waals surface area (Å²) >= 11 is 6.19. The molecule has 1 aliphatic rings. The number of hydrogen-bond donors (Lipinski definition) is 4. The normalized spacial score (nSPS) is 18.4. The smallest absolute Gasteiger partial charge is 0.326 e. The summed E-state index contributed by atoms with van der Waals surface area (Å²) in [5.41, 5.74) is 1.57. The summed E-state index contributed by atoms with van der Waals surface area (Å²) in [6.45, 7) is 5.33. The molecule has 3 aromatic rings. The van der Waals surface area contributed by atoms with Gasteiger partial charge in [0.25, 0.3) is 11.8 Å². The molecule has 0 spiro atoms. The highest BCUT2D eigenvalue weighted by Crippen LogP contribution is 2.24. The van der Waals surface area contributed by atoms with E-state index in [1.165, 1.54) is 7.11 Å². The summed E-state index contributed by atoms with van der Waals surface area (Å²) in [5.74, 6) is -0.937. The van der Waals surface area contributed by atoms with Gasteiger partial charge in [0.05, 0.1) is 23.7 Å². The molecule has 0 saturated carbocycles. The van der Waals surface area contributed by atoms with Crippen molar-refractivity contribution in [1.82, 2.24) is 30.4 Å². The summed E-state index contributed by atoms with van der Waals surface area (Å²) in [7, 11) is 1.47. The number of fused-ring (bicyclic) bond motifs is 1. The molecular weight excluding hydrogens is 600 g/mol. The molecular formula is C32H41ClN6O6. The molecule has 2 atom stereocenters. The Kier molecular flexibility index (Phi) is 11.6. The van der Waals surface area contributed by atoms with Crippen molar-refractivity contribution >= 4 is 46.3 Å². The zero-order valence-electron chi connectivity index (χ0n) is 25.9. The van der Waals surface area contributed by atoms with E-state index in [9.17, 15) is 24.0 Å². The lowest BCUT2D eigenvalue weighted by Crippen LogP contribution is -2.50. The number of methoxy groups -OCH3 is 1. The van der Waals surface area contributed by atoms with E-state index in [2.05, 4.69) is 20.9 Å². The lowest BCUT2D eigenvalue weighted by molar-refractivity contribution is -0.130. The minimum atomic E-state index is -0.722. The number of rotatable bonds is 4. The van der Waals surface area contributed by atoms with Crippen LogP contribution in [0, 0.1) is 5.92 Å². The van der Waals surface area contributed by atoms with Gasteiger partial charge in [0.2, 0.25) is 11.8 Å². The second kappa shape index (κ2) is 15.6. The first-order chi connectivity index (χ1) is 21.6. The van der Waals surface area contributed by atoms with Crippen LogP contribution in [0.15, 0.2) is 41.2 Å². The van der Waals surface area contributed by atoms with Crippen LogP contribution in [0.1, 0.15) is 66.7 Å². The van der Waals surface area contributed by atoms with Crippen LogP contribution in [0.4, 0.5) is 0 Å². The van der Waals surface area contributed by atoms with E-state index in [0.717, 1.165) is 0 Å². The monoisotopic (exact) mass is 640 g/mol. The van der Waals surface area contributed by atoms with E-state index in [1.54, 1.807) is 45.9 Å². The highest BCUT2D eigenvalue weighted by Gasteiger charge is 2.26. The Morgan fingerprint density at radius 2 is 1.73 bits per heavy atom. The van der Waals surface area contributed by atoms with Gasteiger partial charge >= 0.3 is 5.69 Å². The Balaban J connectivity index is 1.59. The van der Waals surface area contributed by atoms with Gasteiger partial charge in [-0.05, 0) is 61.6 Å². The van der Waals surface area contributed by atoms with E-state index < -0.39 is 6.04 Å². The number of hydrogen-bond acceptors (Lipinski definition) is 6. The number of nitrogens with zero attached hydrogens (tertiary/aromatic N) is 2. The van der Waals surface area contributed by atoms with Crippen molar-refractivity contribution in [2.45, 2.75) is 58.5 Å². The molecule has 2 bridgehead atoms. The van der Waals surface area contributed by atoms with Crippen LogP contribution in [0.5, 0.6) is 5.75 Å². The van der Waals surface area contributed by atoms with Gasteiger partial charge in [-0.2, -0.15) is 0 Å². The van der Waals surface area contributed by atoms with Crippen molar-refractivity contribution in [3.63, 3.8) is 0 Å². The Hall–Kier alpha value is -4.32. The number of benzene rings is 2. The fourth-order valence-corrected chi connectivity index (χ4v) is 5.53. The van der Waals surface area contributed by atoms with Crippen molar-refractivity contribution in [3.8, 4) is 5.75 Å². The maximum atomic E-state index is 13.6. The number of ether oxygens (including phenoxy) is 1. The molecule has 12 nitrogen and oxygen atoms in total. The summed E-state index contributed by atoms with van der Waals surface area (Å²) in [4.78, 5) is 69.9. The van der Waals surface area contributed by atoms with Crippen molar-refractivity contribution in [3.05, 3.63) is 63.0 Å². The zero-order chi connectivity index (χ0) is 32.5. The van der Waals surface area contributed by atoms with Gasteiger partial charge in [-0.15, -0.1) is 0 Å². The van der Waals surface area contributed by atoms with Crippen molar-refractivity contribution < 1.29 is 23.9 Å². The van der Waals surface area contributed by atoms with E-state index in [4.69, 9.17) is 16.3 Å². The largest absolute Gasteiger partial charge is 0.496 e. The molecule has 0 unspecified atom stereocenters. The minimum Gasteiger partial charge on any atom is -0.496 e. The quantitative estimate of drug-likeness (QED) is 0.344. The van der Waals surface area contributed by atoms with Crippen LogP contribution < -0.4 is 26.4 Å². The van der Waals surface area contributed by atoms with Crippen LogP contribution in [-0.2, 0) is 16.1 Å². The first kappa shape index (κ1) is 33.6. The second-order valence-corrected chi connectivity index (χ2v) is 11.7. The van der Waals surface area contributed by atoms with E-state index in [1.807, 2.05) is 13.8 Å². The van der Waals surface area contributed by atoms with Gasteiger partial charge in [-0.3, -0.25) is 23.7 Å². The maximum Gasteiger partial charge on any atom is 0.326 e. The average molecular weight is 641 g/mol.